The molecule has 1 aromatic rings. The van der Waals surface area contributed by atoms with E-state index in [9.17, 15) is 9.59 Å². The summed E-state index contributed by atoms with van der Waals surface area (Å²) < 4.78 is 0. The summed E-state index contributed by atoms with van der Waals surface area (Å²) in [5.74, 6) is -0.186. The molecule has 6 nitrogen and oxygen atoms in total. The molecule has 0 aliphatic rings. The fourth-order valence-electron chi connectivity index (χ4n) is 1.53. The molecule has 0 aliphatic heterocycles. The van der Waals surface area contributed by atoms with Gasteiger partial charge in [-0.2, -0.15) is 0 Å². The van der Waals surface area contributed by atoms with Crippen molar-refractivity contribution in [2.75, 3.05) is 20.1 Å². The van der Waals surface area contributed by atoms with Gasteiger partial charge in [-0.1, -0.05) is 23.7 Å². The lowest BCUT2D eigenvalue weighted by Crippen LogP contribution is -2.46. The van der Waals surface area contributed by atoms with Crippen LogP contribution < -0.4 is 16.4 Å². The average Bonchev–Trinajstić information content (AvgIpc) is 2.50. The van der Waals surface area contributed by atoms with Crippen molar-refractivity contribution in [3.05, 3.63) is 34.9 Å². The van der Waals surface area contributed by atoms with Crippen molar-refractivity contribution in [2.45, 2.75) is 19.5 Å². The molecular weight excluding hydrogens is 327 g/mol. The Morgan fingerprint density at radius 3 is 2.41 bits per heavy atom. The number of urea groups is 1. The van der Waals surface area contributed by atoms with E-state index in [1.165, 1.54) is 4.90 Å². The zero-order valence-corrected chi connectivity index (χ0v) is 14.2. The van der Waals surface area contributed by atoms with Gasteiger partial charge in [0, 0.05) is 31.2 Å². The standard InChI is InChI=1S/C14H21ClN4O2.ClH/c1-10(7-16)19(2)13(20)9-18-14(21)17-8-11-3-5-12(15)6-4-11;/h3-6,10H,7-9,16H2,1-2H3,(H2,17,18,21);1H. The van der Waals surface area contributed by atoms with Gasteiger partial charge in [-0.05, 0) is 24.6 Å². The predicted octanol–water partition coefficient (Wildman–Crippen LogP) is 1.37. The first kappa shape index (κ1) is 20.5. The van der Waals surface area contributed by atoms with E-state index in [0.717, 1.165) is 5.56 Å². The Balaban J connectivity index is 0.00000441. The smallest absolute Gasteiger partial charge is 0.315 e. The number of nitrogens with two attached hydrogens (primary N) is 1. The Kier molecular flexibility index (Phi) is 9.56. The molecule has 1 aromatic carbocycles. The Labute approximate surface area is 141 Å². The van der Waals surface area contributed by atoms with E-state index in [4.69, 9.17) is 17.3 Å². The van der Waals surface area contributed by atoms with Gasteiger partial charge in [-0.25, -0.2) is 4.79 Å². The van der Waals surface area contributed by atoms with Crippen LogP contribution in [0.4, 0.5) is 4.79 Å². The minimum atomic E-state index is -0.396. The Hall–Kier alpha value is -1.50. The summed E-state index contributed by atoms with van der Waals surface area (Å²) in [4.78, 5) is 24.9. The normalized spacial score (nSPS) is 11.1. The lowest BCUT2D eigenvalue weighted by molar-refractivity contribution is -0.130. The van der Waals surface area contributed by atoms with Gasteiger partial charge < -0.3 is 21.3 Å². The van der Waals surface area contributed by atoms with Crippen LogP contribution in [0.25, 0.3) is 0 Å². The van der Waals surface area contributed by atoms with E-state index in [1.54, 1.807) is 19.2 Å². The van der Waals surface area contributed by atoms with Crippen molar-refractivity contribution in [3.8, 4) is 0 Å². The second-order valence-electron chi connectivity index (χ2n) is 4.75. The number of halogens is 2. The van der Waals surface area contributed by atoms with E-state index >= 15 is 0 Å². The van der Waals surface area contributed by atoms with E-state index in [-0.39, 0.29) is 30.9 Å². The van der Waals surface area contributed by atoms with Gasteiger partial charge in [0.2, 0.25) is 5.91 Å². The molecule has 0 fully saturated rings. The summed E-state index contributed by atoms with van der Waals surface area (Å²) in [6.45, 7) is 2.53. The summed E-state index contributed by atoms with van der Waals surface area (Å²) in [5, 5.41) is 5.83. The highest BCUT2D eigenvalue weighted by Crippen LogP contribution is 2.08. The number of hydrogen-bond acceptors (Lipinski definition) is 3. The topological polar surface area (TPSA) is 87.5 Å². The summed E-state index contributed by atoms with van der Waals surface area (Å²) in [6.07, 6.45) is 0. The molecule has 0 aromatic heterocycles. The molecule has 4 N–H and O–H groups in total. The van der Waals surface area contributed by atoms with Crippen LogP contribution in [0.5, 0.6) is 0 Å². The van der Waals surface area contributed by atoms with Crippen molar-refractivity contribution in [2.24, 2.45) is 5.73 Å². The number of likely N-dealkylation sites (N-methyl/N-ethyl adjacent to an activating group) is 1. The second kappa shape index (κ2) is 10.3. The first-order valence-electron chi connectivity index (χ1n) is 6.66. The highest BCUT2D eigenvalue weighted by molar-refractivity contribution is 6.30. The van der Waals surface area contributed by atoms with Crippen LogP contribution >= 0.6 is 24.0 Å². The number of carbonyl (C=O) groups is 2. The summed E-state index contributed by atoms with van der Waals surface area (Å²) >= 11 is 5.78. The molecule has 0 heterocycles. The fourth-order valence-corrected chi connectivity index (χ4v) is 1.66. The van der Waals surface area contributed by atoms with Crippen molar-refractivity contribution in [3.63, 3.8) is 0 Å². The second-order valence-corrected chi connectivity index (χ2v) is 5.19. The average molecular weight is 349 g/mol. The minimum absolute atomic E-state index is 0. The Bertz CT molecular complexity index is 482. The minimum Gasteiger partial charge on any atom is -0.340 e. The predicted molar refractivity (Wildman–Crippen MR) is 90.2 cm³/mol. The maximum Gasteiger partial charge on any atom is 0.315 e. The van der Waals surface area contributed by atoms with Crippen LogP contribution in [0.2, 0.25) is 5.02 Å². The van der Waals surface area contributed by atoms with Crippen molar-refractivity contribution < 1.29 is 9.59 Å². The number of benzene rings is 1. The molecule has 1 unspecified atom stereocenters. The third kappa shape index (κ3) is 6.98. The largest absolute Gasteiger partial charge is 0.340 e. The van der Waals surface area contributed by atoms with Crippen LogP contribution in [0.1, 0.15) is 12.5 Å². The van der Waals surface area contributed by atoms with Crippen LogP contribution in [0.3, 0.4) is 0 Å². The van der Waals surface area contributed by atoms with Gasteiger partial charge >= 0.3 is 6.03 Å². The summed E-state index contributed by atoms with van der Waals surface area (Å²) in [7, 11) is 1.66. The zero-order valence-electron chi connectivity index (χ0n) is 12.6. The Morgan fingerprint density at radius 1 is 1.27 bits per heavy atom. The number of hydrogen-bond donors (Lipinski definition) is 3. The first-order chi connectivity index (χ1) is 9.93. The molecule has 0 saturated heterocycles. The van der Waals surface area contributed by atoms with Crippen LogP contribution in [0.15, 0.2) is 24.3 Å². The van der Waals surface area contributed by atoms with Gasteiger partial charge in [0.15, 0.2) is 0 Å². The van der Waals surface area contributed by atoms with Crippen LogP contribution in [-0.2, 0) is 11.3 Å². The molecule has 1 rings (SSSR count). The molecule has 124 valence electrons. The summed E-state index contributed by atoms with van der Waals surface area (Å²) in [5.41, 5.74) is 6.41. The number of nitrogens with one attached hydrogen (secondary N) is 2. The SMILES string of the molecule is CC(CN)N(C)C(=O)CNC(=O)NCc1ccc(Cl)cc1.Cl. The molecule has 0 radical (unpaired) electrons. The van der Waals surface area contributed by atoms with Gasteiger partial charge in [-0.3, -0.25) is 4.79 Å². The van der Waals surface area contributed by atoms with Crippen LogP contribution in [0, 0.1) is 0 Å². The maximum absolute atomic E-state index is 11.8. The summed E-state index contributed by atoms with van der Waals surface area (Å²) in [6, 6.07) is 6.70. The number of rotatable bonds is 6. The van der Waals surface area contributed by atoms with Crippen molar-refractivity contribution >= 4 is 35.9 Å². The lowest BCUT2D eigenvalue weighted by Gasteiger charge is -2.23. The van der Waals surface area contributed by atoms with Gasteiger partial charge in [0.1, 0.15) is 0 Å². The Morgan fingerprint density at radius 2 is 1.86 bits per heavy atom. The monoisotopic (exact) mass is 348 g/mol. The molecule has 0 saturated carbocycles. The molecular formula is C14H22Cl2N4O2. The van der Waals surface area contributed by atoms with Gasteiger partial charge in [-0.15, -0.1) is 12.4 Å². The maximum atomic E-state index is 11.8. The third-order valence-electron chi connectivity index (χ3n) is 3.16. The molecule has 3 amide bonds. The quantitative estimate of drug-likeness (QED) is 0.725. The lowest BCUT2D eigenvalue weighted by atomic mass is 10.2. The van der Waals surface area contributed by atoms with E-state index < -0.39 is 6.03 Å². The molecule has 1 atom stereocenters. The highest BCUT2D eigenvalue weighted by atomic mass is 35.5. The van der Waals surface area contributed by atoms with E-state index in [0.29, 0.717) is 18.1 Å². The van der Waals surface area contributed by atoms with Crippen LogP contribution in [-0.4, -0.2) is 43.0 Å². The number of carbonyl (C=O) groups excluding carboxylic acids is 2. The van der Waals surface area contributed by atoms with Crippen molar-refractivity contribution in [1.29, 1.82) is 0 Å². The molecule has 8 heteroatoms. The number of nitrogens with zero attached hydrogens (tertiary/aromatic N) is 1. The number of amides is 3. The first-order valence-corrected chi connectivity index (χ1v) is 7.03. The molecule has 22 heavy (non-hydrogen) atoms. The van der Waals surface area contributed by atoms with Crippen molar-refractivity contribution in [1.82, 2.24) is 15.5 Å². The fraction of sp³-hybridized carbons (Fsp3) is 0.429. The van der Waals surface area contributed by atoms with Gasteiger partial charge in [0.05, 0.1) is 6.54 Å². The van der Waals surface area contributed by atoms with E-state index in [1.807, 2.05) is 19.1 Å². The zero-order chi connectivity index (χ0) is 15.8. The molecule has 0 aliphatic carbocycles. The molecule has 0 bridgehead atoms. The highest BCUT2D eigenvalue weighted by Gasteiger charge is 2.14. The molecule has 0 spiro atoms. The van der Waals surface area contributed by atoms with Gasteiger partial charge in [0.25, 0.3) is 0 Å². The van der Waals surface area contributed by atoms with E-state index in [2.05, 4.69) is 10.6 Å². The third-order valence-corrected chi connectivity index (χ3v) is 3.41.